The number of aromatic nitrogens is 1. The van der Waals surface area contributed by atoms with Gasteiger partial charge in [-0.15, -0.1) is 0 Å². The quantitative estimate of drug-likeness (QED) is 0.826. The minimum absolute atomic E-state index is 0.160. The molecule has 0 bridgehead atoms. The van der Waals surface area contributed by atoms with Gasteiger partial charge in [-0.25, -0.2) is 0 Å². The first-order chi connectivity index (χ1) is 8.18. The zero-order valence-electron chi connectivity index (χ0n) is 10.0. The van der Waals surface area contributed by atoms with Crippen molar-refractivity contribution in [3.05, 3.63) is 42.1 Å². The van der Waals surface area contributed by atoms with Gasteiger partial charge in [0.1, 0.15) is 0 Å². The average Bonchev–Trinajstić information content (AvgIpc) is 2.63. The molecule has 0 N–H and O–H groups in total. The van der Waals surface area contributed by atoms with Crippen LogP contribution in [0.5, 0.6) is 0 Å². The Balaban J connectivity index is 2.21. The molecule has 2 aromatic rings. The van der Waals surface area contributed by atoms with E-state index in [1.807, 2.05) is 25.3 Å². The van der Waals surface area contributed by atoms with Gasteiger partial charge in [0.15, 0.2) is 5.12 Å². The number of fused-ring (bicyclic) bond motifs is 1. The van der Waals surface area contributed by atoms with Crippen LogP contribution < -0.4 is 0 Å². The van der Waals surface area contributed by atoms with Gasteiger partial charge in [-0.3, -0.25) is 4.79 Å². The lowest BCUT2D eigenvalue weighted by Crippen LogP contribution is -1.82. The SMILES string of the molecule is CC(=O)SCC=Cc1cn(C)c2ccccc12. The first-order valence-corrected chi connectivity index (χ1v) is 6.51. The van der Waals surface area contributed by atoms with E-state index in [1.54, 1.807) is 6.92 Å². The Morgan fingerprint density at radius 1 is 1.41 bits per heavy atom. The lowest BCUT2D eigenvalue weighted by Gasteiger charge is -1.93. The molecule has 0 amide bonds. The van der Waals surface area contributed by atoms with Gasteiger partial charge in [-0.05, 0) is 11.6 Å². The van der Waals surface area contributed by atoms with E-state index in [0.29, 0.717) is 0 Å². The molecular formula is C14H15NOS. The smallest absolute Gasteiger partial charge is 0.186 e. The van der Waals surface area contributed by atoms with Crippen molar-refractivity contribution in [3.8, 4) is 0 Å². The van der Waals surface area contributed by atoms with Gasteiger partial charge < -0.3 is 4.57 Å². The summed E-state index contributed by atoms with van der Waals surface area (Å²) in [4.78, 5) is 10.8. The van der Waals surface area contributed by atoms with Crippen LogP contribution in [0, 0.1) is 0 Å². The van der Waals surface area contributed by atoms with Gasteiger partial charge in [0.2, 0.25) is 0 Å². The van der Waals surface area contributed by atoms with Crippen molar-refractivity contribution in [2.75, 3.05) is 5.75 Å². The number of carbonyl (C=O) groups excluding carboxylic acids is 1. The first kappa shape index (κ1) is 12.0. The number of rotatable bonds is 3. The monoisotopic (exact) mass is 245 g/mol. The fraction of sp³-hybridized carbons (Fsp3) is 0.214. The van der Waals surface area contributed by atoms with Gasteiger partial charge in [0.25, 0.3) is 0 Å². The van der Waals surface area contributed by atoms with Crippen LogP contribution in [0.15, 0.2) is 36.5 Å². The largest absolute Gasteiger partial charge is 0.350 e. The van der Waals surface area contributed by atoms with Crippen molar-refractivity contribution in [3.63, 3.8) is 0 Å². The fourth-order valence-electron chi connectivity index (χ4n) is 1.85. The van der Waals surface area contributed by atoms with E-state index in [4.69, 9.17) is 0 Å². The molecule has 2 rings (SSSR count). The highest BCUT2D eigenvalue weighted by Crippen LogP contribution is 2.21. The van der Waals surface area contributed by atoms with E-state index in [2.05, 4.69) is 29.0 Å². The summed E-state index contributed by atoms with van der Waals surface area (Å²) in [6.07, 6.45) is 6.23. The van der Waals surface area contributed by atoms with Crippen molar-refractivity contribution in [1.29, 1.82) is 0 Å². The first-order valence-electron chi connectivity index (χ1n) is 5.52. The third-order valence-corrected chi connectivity index (χ3v) is 3.37. The highest BCUT2D eigenvalue weighted by molar-refractivity contribution is 8.13. The van der Waals surface area contributed by atoms with Gasteiger partial charge in [-0.2, -0.15) is 0 Å². The summed E-state index contributed by atoms with van der Waals surface area (Å²) in [5.74, 6) is 0.735. The molecule has 1 aromatic carbocycles. The normalized spacial score (nSPS) is 11.4. The molecular weight excluding hydrogens is 230 g/mol. The van der Waals surface area contributed by atoms with Crippen LogP contribution >= 0.6 is 11.8 Å². The number of nitrogens with zero attached hydrogens (tertiary/aromatic N) is 1. The molecule has 0 saturated heterocycles. The summed E-state index contributed by atoms with van der Waals surface area (Å²) >= 11 is 1.33. The number of para-hydroxylation sites is 1. The summed E-state index contributed by atoms with van der Waals surface area (Å²) in [5.41, 5.74) is 2.43. The lowest BCUT2D eigenvalue weighted by molar-refractivity contribution is -0.109. The molecule has 17 heavy (non-hydrogen) atoms. The molecule has 88 valence electrons. The Hall–Kier alpha value is -1.48. The number of hydrogen-bond donors (Lipinski definition) is 0. The zero-order valence-corrected chi connectivity index (χ0v) is 10.8. The molecule has 0 radical (unpaired) electrons. The number of carbonyl (C=O) groups is 1. The van der Waals surface area contributed by atoms with Crippen LogP contribution in [0.25, 0.3) is 17.0 Å². The number of hydrogen-bond acceptors (Lipinski definition) is 2. The van der Waals surface area contributed by atoms with Crippen molar-refractivity contribution >= 4 is 33.9 Å². The second-order valence-corrected chi connectivity index (χ2v) is 5.11. The Bertz CT molecular complexity index is 569. The lowest BCUT2D eigenvalue weighted by atomic mass is 10.2. The molecule has 0 aliphatic heterocycles. The van der Waals surface area contributed by atoms with E-state index in [9.17, 15) is 4.79 Å². The van der Waals surface area contributed by atoms with Crippen LogP contribution in [-0.4, -0.2) is 15.4 Å². The Morgan fingerprint density at radius 2 is 2.18 bits per heavy atom. The Labute approximate surface area is 105 Å². The third-order valence-electron chi connectivity index (χ3n) is 2.61. The van der Waals surface area contributed by atoms with Crippen LogP contribution in [0.3, 0.4) is 0 Å². The van der Waals surface area contributed by atoms with Crippen molar-refractivity contribution in [1.82, 2.24) is 4.57 Å². The molecule has 0 atom stereocenters. The van der Waals surface area contributed by atoms with E-state index in [0.717, 1.165) is 5.75 Å². The van der Waals surface area contributed by atoms with Gasteiger partial charge in [-0.1, -0.05) is 42.1 Å². The molecule has 0 unspecified atom stereocenters. The minimum atomic E-state index is 0.160. The van der Waals surface area contributed by atoms with E-state index in [1.165, 1.54) is 28.2 Å². The minimum Gasteiger partial charge on any atom is -0.350 e. The summed E-state index contributed by atoms with van der Waals surface area (Å²) < 4.78 is 2.12. The van der Waals surface area contributed by atoms with Gasteiger partial charge in [0.05, 0.1) is 0 Å². The molecule has 0 spiro atoms. The molecule has 0 aliphatic rings. The maximum atomic E-state index is 10.8. The molecule has 1 heterocycles. The second-order valence-electron chi connectivity index (χ2n) is 3.92. The maximum Gasteiger partial charge on any atom is 0.186 e. The highest BCUT2D eigenvalue weighted by Gasteiger charge is 2.02. The van der Waals surface area contributed by atoms with Gasteiger partial charge >= 0.3 is 0 Å². The molecule has 0 saturated carbocycles. The van der Waals surface area contributed by atoms with Gasteiger partial charge in [0, 0.05) is 36.8 Å². The number of thioether (sulfide) groups is 1. The predicted octanol–water partition coefficient (Wildman–Crippen LogP) is 3.47. The number of benzene rings is 1. The van der Waals surface area contributed by atoms with Crippen molar-refractivity contribution < 1.29 is 4.79 Å². The van der Waals surface area contributed by atoms with Crippen LogP contribution in [0.1, 0.15) is 12.5 Å². The maximum absolute atomic E-state index is 10.8. The molecule has 0 aliphatic carbocycles. The summed E-state index contributed by atoms with van der Waals surface area (Å²) in [7, 11) is 2.05. The molecule has 1 aromatic heterocycles. The summed E-state index contributed by atoms with van der Waals surface area (Å²) in [6.45, 7) is 1.59. The van der Waals surface area contributed by atoms with Crippen LogP contribution in [0.4, 0.5) is 0 Å². The Kier molecular flexibility index (Phi) is 3.69. The van der Waals surface area contributed by atoms with Crippen molar-refractivity contribution in [2.45, 2.75) is 6.92 Å². The van der Waals surface area contributed by atoms with E-state index < -0.39 is 0 Å². The average molecular weight is 245 g/mol. The fourth-order valence-corrected chi connectivity index (χ4v) is 2.27. The van der Waals surface area contributed by atoms with Crippen molar-refractivity contribution in [2.24, 2.45) is 7.05 Å². The topological polar surface area (TPSA) is 22.0 Å². The predicted molar refractivity (Wildman–Crippen MR) is 75.1 cm³/mol. The second kappa shape index (κ2) is 5.23. The van der Waals surface area contributed by atoms with Crippen LogP contribution in [0.2, 0.25) is 0 Å². The van der Waals surface area contributed by atoms with Crippen LogP contribution in [-0.2, 0) is 11.8 Å². The zero-order chi connectivity index (χ0) is 12.3. The third kappa shape index (κ3) is 2.80. The number of aryl methyl sites for hydroxylation is 1. The highest BCUT2D eigenvalue weighted by atomic mass is 32.2. The molecule has 0 fully saturated rings. The Morgan fingerprint density at radius 3 is 2.94 bits per heavy atom. The molecule has 3 heteroatoms. The standard InChI is InChI=1S/C14H15NOS/c1-11(16)17-9-5-6-12-10-15(2)14-8-4-3-7-13(12)14/h3-8,10H,9H2,1-2H3. The summed E-state index contributed by atoms with van der Waals surface area (Å²) in [6, 6.07) is 8.32. The van der Waals surface area contributed by atoms with E-state index >= 15 is 0 Å². The summed E-state index contributed by atoms with van der Waals surface area (Å²) in [5, 5.41) is 1.41. The molecule has 2 nitrogen and oxygen atoms in total. The van der Waals surface area contributed by atoms with E-state index in [-0.39, 0.29) is 5.12 Å².